The quantitative estimate of drug-likeness (QED) is 0.590. The molecule has 0 saturated heterocycles. The highest BCUT2D eigenvalue weighted by atomic mass is 35.5. The summed E-state index contributed by atoms with van der Waals surface area (Å²) in [6.45, 7) is 6.82. The second kappa shape index (κ2) is 7.74. The number of hydrogen-bond donors (Lipinski definition) is 2. The maximum Gasteiger partial charge on any atom is 0.238 e. The molecule has 0 fully saturated rings. The molecule has 4 nitrogen and oxygen atoms in total. The average Bonchev–Trinajstić information content (AvgIpc) is 2.33. The number of carbonyl (C=O) groups excluding carboxylic acids is 1. The first-order valence-electron chi connectivity index (χ1n) is 5.71. The van der Waals surface area contributed by atoms with E-state index >= 15 is 0 Å². The molecule has 0 aliphatic heterocycles. The van der Waals surface area contributed by atoms with Crippen LogP contribution in [0.4, 0.5) is 5.69 Å². The Balaban J connectivity index is 2.54. The first kappa shape index (κ1) is 14.5. The number of halogens is 1. The number of nitrogens with one attached hydrogen (secondary N) is 2. The zero-order chi connectivity index (χ0) is 13.4. The molecule has 0 heterocycles. The van der Waals surface area contributed by atoms with E-state index in [1.54, 1.807) is 24.3 Å². The topological polar surface area (TPSA) is 50.4 Å². The Morgan fingerprint density at radius 1 is 1.56 bits per heavy atom. The molecule has 0 radical (unpaired) electrons. The Morgan fingerprint density at radius 3 is 2.94 bits per heavy atom. The van der Waals surface area contributed by atoms with Crippen LogP contribution in [0, 0.1) is 0 Å². The van der Waals surface area contributed by atoms with Gasteiger partial charge in [-0.15, -0.1) is 6.58 Å². The lowest BCUT2D eigenvalue weighted by Gasteiger charge is -2.09. The van der Waals surface area contributed by atoms with Crippen molar-refractivity contribution < 1.29 is 9.53 Å². The standard InChI is InChI=1S/C13H17ClN2O2/c1-3-7-15-9-13(17)16-10-5-6-12(18-4-2)11(14)8-10/h3,5-6,8,15H,1,4,7,9H2,2H3,(H,16,17). The van der Waals surface area contributed by atoms with Crippen LogP contribution >= 0.6 is 11.6 Å². The molecular formula is C13H17ClN2O2. The molecule has 98 valence electrons. The van der Waals surface area contributed by atoms with Gasteiger partial charge in [-0.25, -0.2) is 0 Å². The van der Waals surface area contributed by atoms with Crippen molar-refractivity contribution in [2.75, 3.05) is 25.0 Å². The van der Waals surface area contributed by atoms with Crippen LogP contribution < -0.4 is 15.4 Å². The van der Waals surface area contributed by atoms with Crippen molar-refractivity contribution in [1.82, 2.24) is 5.32 Å². The van der Waals surface area contributed by atoms with E-state index in [0.29, 0.717) is 29.6 Å². The summed E-state index contributed by atoms with van der Waals surface area (Å²) < 4.78 is 5.31. The smallest absolute Gasteiger partial charge is 0.238 e. The summed E-state index contributed by atoms with van der Waals surface area (Å²) in [4.78, 5) is 11.5. The van der Waals surface area contributed by atoms with E-state index in [2.05, 4.69) is 17.2 Å². The number of benzene rings is 1. The van der Waals surface area contributed by atoms with Crippen molar-refractivity contribution in [3.63, 3.8) is 0 Å². The molecule has 0 aliphatic rings. The van der Waals surface area contributed by atoms with Crippen LogP contribution in [0.2, 0.25) is 5.02 Å². The fraction of sp³-hybridized carbons (Fsp3) is 0.308. The third kappa shape index (κ3) is 4.77. The van der Waals surface area contributed by atoms with Crippen molar-refractivity contribution in [3.8, 4) is 5.75 Å². The van der Waals surface area contributed by atoms with Gasteiger partial charge in [0.15, 0.2) is 0 Å². The molecule has 0 saturated carbocycles. The zero-order valence-corrected chi connectivity index (χ0v) is 11.1. The molecule has 0 unspecified atom stereocenters. The Bertz CT molecular complexity index is 421. The lowest BCUT2D eigenvalue weighted by molar-refractivity contribution is -0.115. The summed E-state index contributed by atoms with van der Waals surface area (Å²) in [5.74, 6) is 0.485. The maximum atomic E-state index is 11.5. The summed E-state index contributed by atoms with van der Waals surface area (Å²) in [7, 11) is 0. The van der Waals surface area contributed by atoms with E-state index in [1.165, 1.54) is 0 Å². The maximum absolute atomic E-state index is 11.5. The number of anilines is 1. The van der Waals surface area contributed by atoms with Gasteiger partial charge in [-0.05, 0) is 25.1 Å². The molecule has 1 aromatic rings. The number of rotatable bonds is 7. The third-order valence-electron chi connectivity index (χ3n) is 2.09. The summed E-state index contributed by atoms with van der Waals surface area (Å²) in [5, 5.41) is 6.13. The van der Waals surface area contributed by atoms with Gasteiger partial charge in [-0.1, -0.05) is 17.7 Å². The minimum Gasteiger partial charge on any atom is -0.492 e. The molecule has 2 N–H and O–H groups in total. The van der Waals surface area contributed by atoms with Crippen molar-refractivity contribution >= 4 is 23.2 Å². The second-order valence-electron chi connectivity index (χ2n) is 3.55. The molecule has 0 atom stereocenters. The van der Waals surface area contributed by atoms with Crippen LogP contribution in [0.3, 0.4) is 0 Å². The first-order valence-corrected chi connectivity index (χ1v) is 6.09. The predicted molar refractivity (Wildman–Crippen MR) is 74.3 cm³/mol. The fourth-order valence-corrected chi connectivity index (χ4v) is 1.58. The van der Waals surface area contributed by atoms with E-state index in [0.717, 1.165) is 0 Å². The molecule has 1 aromatic carbocycles. The molecule has 0 spiro atoms. The normalized spacial score (nSPS) is 9.89. The highest BCUT2D eigenvalue weighted by molar-refractivity contribution is 6.32. The highest BCUT2D eigenvalue weighted by Gasteiger charge is 2.05. The molecule has 1 amide bonds. The van der Waals surface area contributed by atoms with Gasteiger partial charge in [0.1, 0.15) is 5.75 Å². The van der Waals surface area contributed by atoms with Gasteiger partial charge >= 0.3 is 0 Å². The first-order chi connectivity index (χ1) is 8.67. The number of amides is 1. The van der Waals surface area contributed by atoms with Crippen LogP contribution in [0.25, 0.3) is 0 Å². The van der Waals surface area contributed by atoms with E-state index in [9.17, 15) is 4.79 Å². The van der Waals surface area contributed by atoms with Crippen LogP contribution in [-0.2, 0) is 4.79 Å². The van der Waals surface area contributed by atoms with E-state index in [1.807, 2.05) is 6.92 Å². The molecule has 0 bridgehead atoms. The molecule has 0 aliphatic carbocycles. The number of carbonyl (C=O) groups is 1. The van der Waals surface area contributed by atoms with Gasteiger partial charge in [0, 0.05) is 12.2 Å². The lowest BCUT2D eigenvalue weighted by Crippen LogP contribution is -2.28. The summed E-state index contributed by atoms with van der Waals surface area (Å²) in [5.41, 5.74) is 0.647. The van der Waals surface area contributed by atoms with Gasteiger partial charge in [0.2, 0.25) is 5.91 Å². The van der Waals surface area contributed by atoms with Crippen LogP contribution in [0.1, 0.15) is 6.92 Å². The third-order valence-corrected chi connectivity index (χ3v) is 2.39. The number of ether oxygens (including phenoxy) is 1. The SMILES string of the molecule is C=CCNCC(=O)Nc1ccc(OCC)c(Cl)c1. The Morgan fingerprint density at radius 2 is 2.33 bits per heavy atom. The van der Waals surface area contributed by atoms with Crippen molar-refractivity contribution in [2.45, 2.75) is 6.92 Å². The van der Waals surface area contributed by atoms with Crippen molar-refractivity contribution in [2.24, 2.45) is 0 Å². The van der Waals surface area contributed by atoms with Crippen molar-refractivity contribution in [3.05, 3.63) is 35.9 Å². The summed E-state index contributed by atoms with van der Waals surface area (Å²) in [6.07, 6.45) is 1.70. The Labute approximate surface area is 112 Å². The molecular weight excluding hydrogens is 252 g/mol. The lowest BCUT2D eigenvalue weighted by atomic mass is 10.3. The van der Waals surface area contributed by atoms with Crippen LogP contribution in [0.15, 0.2) is 30.9 Å². The fourth-order valence-electron chi connectivity index (χ4n) is 1.34. The van der Waals surface area contributed by atoms with E-state index in [-0.39, 0.29) is 12.5 Å². The van der Waals surface area contributed by atoms with Gasteiger partial charge < -0.3 is 15.4 Å². The molecule has 0 aromatic heterocycles. The number of hydrogen-bond acceptors (Lipinski definition) is 3. The molecule has 18 heavy (non-hydrogen) atoms. The Kier molecular flexibility index (Phi) is 6.25. The van der Waals surface area contributed by atoms with Crippen LogP contribution in [0.5, 0.6) is 5.75 Å². The average molecular weight is 269 g/mol. The summed E-state index contributed by atoms with van der Waals surface area (Å²) >= 11 is 6.01. The molecule has 5 heteroatoms. The summed E-state index contributed by atoms with van der Waals surface area (Å²) in [6, 6.07) is 5.15. The van der Waals surface area contributed by atoms with Gasteiger partial charge in [-0.2, -0.15) is 0 Å². The van der Waals surface area contributed by atoms with Gasteiger partial charge in [0.25, 0.3) is 0 Å². The Hall–Kier alpha value is -1.52. The van der Waals surface area contributed by atoms with Gasteiger partial charge in [0.05, 0.1) is 18.2 Å². The van der Waals surface area contributed by atoms with E-state index < -0.39 is 0 Å². The minimum atomic E-state index is -0.128. The molecule has 1 rings (SSSR count). The minimum absolute atomic E-state index is 0.128. The highest BCUT2D eigenvalue weighted by Crippen LogP contribution is 2.27. The van der Waals surface area contributed by atoms with Crippen LogP contribution in [-0.4, -0.2) is 25.6 Å². The monoisotopic (exact) mass is 268 g/mol. The predicted octanol–water partition coefficient (Wildman–Crippen LogP) is 2.45. The second-order valence-corrected chi connectivity index (χ2v) is 3.95. The van der Waals surface area contributed by atoms with Gasteiger partial charge in [-0.3, -0.25) is 4.79 Å². The zero-order valence-electron chi connectivity index (χ0n) is 10.3. The largest absolute Gasteiger partial charge is 0.492 e. The van der Waals surface area contributed by atoms with E-state index in [4.69, 9.17) is 16.3 Å². The van der Waals surface area contributed by atoms with Crippen molar-refractivity contribution in [1.29, 1.82) is 0 Å².